The Balaban J connectivity index is 2.38. The van der Waals surface area contributed by atoms with E-state index in [9.17, 15) is 13.2 Å². The van der Waals surface area contributed by atoms with Gasteiger partial charge in [0.25, 0.3) is 5.91 Å². The third-order valence-corrected chi connectivity index (χ3v) is 5.30. The van der Waals surface area contributed by atoms with E-state index in [0.29, 0.717) is 12.2 Å². The van der Waals surface area contributed by atoms with Crippen molar-refractivity contribution in [3.8, 4) is 0 Å². The Hall–Kier alpha value is -1.34. The van der Waals surface area contributed by atoms with Gasteiger partial charge in [0.2, 0.25) is 10.0 Å². The number of hydrogen-bond donors (Lipinski definition) is 1. The number of carbonyl (C=O) groups excluding carboxylic acids is 1. The minimum Gasteiger partial charge on any atom is -0.354 e. The fourth-order valence-corrected chi connectivity index (χ4v) is 3.92. The fraction of sp³-hybridized carbons (Fsp3) is 0.583. The number of amides is 1. The lowest BCUT2D eigenvalue weighted by Crippen LogP contribution is -2.32. The van der Waals surface area contributed by atoms with Crippen LogP contribution in [-0.2, 0) is 17.1 Å². The molecule has 0 atom stereocenters. The SMILES string of the molecule is CCN(C1CC1)S(=O)(=O)c1cc(C(=O)NC)n(C)c1. The molecule has 0 unspecified atom stereocenters. The van der Waals surface area contributed by atoms with Crippen LogP contribution in [0.4, 0.5) is 0 Å². The Labute approximate surface area is 113 Å². The highest BCUT2D eigenvalue weighted by molar-refractivity contribution is 7.89. The van der Waals surface area contributed by atoms with Crippen LogP contribution < -0.4 is 5.32 Å². The smallest absolute Gasteiger partial charge is 0.267 e. The molecule has 0 saturated heterocycles. The first-order valence-corrected chi connectivity index (χ1v) is 7.76. The minimum atomic E-state index is -3.50. The van der Waals surface area contributed by atoms with E-state index in [1.54, 1.807) is 7.05 Å². The number of sulfonamides is 1. The first kappa shape index (κ1) is 14.1. The Morgan fingerprint density at radius 1 is 1.53 bits per heavy atom. The predicted molar refractivity (Wildman–Crippen MR) is 71.4 cm³/mol. The lowest BCUT2D eigenvalue weighted by Gasteiger charge is -2.18. The molecule has 1 fully saturated rings. The molecule has 1 N–H and O–H groups in total. The van der Waals surface area contributed by atoms with Gasteiger partial charge in [-0.15, -0.1) is 0 Å². The third kappa shape index (κ3) is 2.52. The lowest BCUT2D eigenvalue weighted by molar-refractivity contribution is 0.0955. The monoisotopic (exact) mass is 285 g/mol. The van der Waals surface area contributed by atoms with Gasteiger partial charge in [-0.25, -0.2) is 8.42 Å². The summed E-state index contributed by atoms with van der Waals surface area (Å²) in [4.78, 5) is 11.8. The van der Waals surface area contributed by atoms with Crippen molar-refractivity contribution >= 4 is 15.9 Å². The molecule has 0 aromatic carbocycles. The molecule has 1 aromatic heterocycles. The molecule has 7 heteroatoms. The maximum atomic E-state index is 12.5. The Morgan fingerprint density at radius 3 is 2.63 bits per heavy atom. The Morgan fingerprint density at radius 2 is 2.16 bits per heavy atom. The van der Waals surface area contributed by atoms with E-state index in [1.165, 1.54) is 28.2 Å². The van der Waals surface area contributed by atoms with Gasteiger partial charge in [-0.2, -0.15) is 4.31 Å². The van der Waals surface area contributed by atoms with Crippen molar-refractivity contribution in [2.45, 2.75) is 30.7 Å². The molecule has 2 rings (SSSR count). The van der Waals surface area contributed by atoms with Crippen molar-refractivity contribution in [1.82, 2.24) is 14.2 Å². The normalized spacial score (nSPS) is 15.8. The highest BCUT2D eigenvalue weighted by Crippen LogP contribution is 2.32. The highest BCUT2D eigenvalue weighted by Gasteiger charge is 2.37. The molecule has 1 heterocycles. The Bertz CT molecular complexity index is 587. The van der Waals surface area contributed by atoms with Crippen molar-refractivity contribution in [3.05, 3.63) is 18.0 Å². The molecule has 1 aromatic rings. The van der Waals surface area contributed by atoms with Gasteiger partial charge in [-0.05, 0) is 18.9 Å². The van der Waals surface area contributed by atoms with Crippen molar-refractivity contribution < 1.29 is 13.2 Å². The summed E-state index contributed by atoms with van der Waals surface area (Å²) in [5.41, 5.74) is 0.341. The zero-order valence-electron chi connectivity index (χ0n) is 11.4. The first-order chi connectivity index (χ1) is 8.91. The first-order valence-electron chi connectivity index (χ1n) is 6.32. The van der Waals surface area contributed by atoms with Crippen molar-refractivity contribution in [2.24, 2.45) is 7.05 Å². The van der Waals surface area contributed by atoms with Crippen LogP contribution in [0.5, 0.6) is 0 Å². The molecule has 0 spiro atoms. The van der Waals surface area contributed by atoms with Crippen LogP contribution >= 0.6 is 0 Å². The molecule has 0 aliphatic heterocycles. The third-order valence-electron chi connectivity index (χ3n) is 3.31. The molecule has 19 heavy (non-hydrogen) atoms. The maximum Gasteiger partial charge on any atom is 0.267 e. The quantitative estimate of drug-likeness (QED) is 0.859. The average molecular weight is 285 g/mol. The number of nitrogens with one attached hydrogen (secondary N) is 1. The van der Waals surface area contributed by atoms with E-state index in [0.717, 1.165) is 12.8 Å². The number of aromatic nitrogens is 1. The van der Waals surface area contributed by atoms with Crippen LogP contribution in [-0.4, -0.2) is 42.8 Å². The minimum absolute atomic E-state index is 0.124. The topological polar surface area (TPSA) is 71.4 Å². The van der Waals surface area contributed by atoms with Crippen LogP contribution in [0.15, 0.2) is 17.2 Å². The molecule has 0 bridgehead atoms. The number of hydrogen-bond acceptors (Lipinski definition) is 3. The van der Waals surface area contributed by atoms with Gasteiger partial charge < -0.3 is 9.88 Å². The summed E-state index contributed by atoms with van der Waals surface area (Å²) >= 11 is 0. The van der Waals surface area contributed by atoms with E-state index in [2.05, 4.69) is 5.32 Å². The Kier molecular flexibility index (Phi) is 3.69. The molecule has 1 aliphatic carbocycles. The molecule has 6 nitrogen and oxygen atoms in total. The van der Waals surface area contributed by atoms with E-state index < -0.39 is 10.0 Å². The summed E-state index contributed by atoms with van der Waals surface area (Å²) in [5, 5.41) is 2.50. The van der Waals surface area contributed by atoms with Gasteiger partial charge >= 0.3 is 0 Å². The zero-order valence-corrected chi connectivity index (χ0v) is 12.2. The van der Waals surface area contributed by atoms with Crippen molar-refractivity contribution in [3.63, 3.8) is 0 Å². The summed E-state index contributed by atoms with van der Waals surface area (Å²) in [6.45, 7) is 2.29. The van der Waals surface area contributed by atoms with E-state index in [-0.39, 0.29) is 16.8 Å². The molecular weight excluding hydrogens is 266 g/mol. The van der Waals surface area contributed by atoms with Gasteiger partial charge in [-0.3, -0.25) is 4.79 Å². The van der Waals surface area contributed by atoms with Gasteiger partial charge in [0.05, 0.1) is 0 Å². The standard InChI is InChI=1S/C12H19N3O3S/c1-4-15(9-5-6-9)19(17,18)10-7-11(12(16)13-2)14(3)8-10/h7-9H,4-6H2,1-3H3,(H,13,16). The summed E-state index contributed by atoms with van der Waals surface area (Å²) in [5.74, 6) is -0.293. The van der Waals surface area contributed by atoms with E-state index >= 15 is 0 Å². The largest absolute Gasteiger partial charge is 0.354 e. The second kappa shape index (κ2) is 4.97. The molecule has 1 aliphatic rings. The van der Waals surface area contributed by atoms with Crippen LogP contribution in [0.1, 0.15) is 30.3 Å². The molecule has 106 valence electrons. The molecular formula is C12H19N3O3S. The van der Waals surface area contributed by atoms with Gasteiger partial charge in [0.1, 0.15) is 10.6 Å². The summed E-state index contributed by atoms with van der Waals surface area (Å²) < 4.78 is 28.0. The van der Waals surface area contributed by atoms with Crippen LogP contribution in [0.3, 0.4) is 0 Å². The number of aryl methyl sites for hydroxylation is 1. The maximum absolute atomic E-state index is 12.5. The number of carbonyl (C=O) groups is 1. The fourth-order valence-electron chi connectivity index (χ4n) is 2.15. The van der Waals surface area contributed by atoms with Crippen molar-refractivity contribution in [2.75, 3.05) is 13.6 Å². The van der Waals surface area contributed by atoms with Gasteiger partial charge in [0.15, 0.2) is 0 Å². The second-order valence-electron chi connectivity index (χ2n) is 4.69. The summed E-state index contributed by atoms with van der Waals surface area (Å²) in [6.07, 6.45) is 3.33. The summed E-state index contributed by atoms with van der Waals surface area (Å²) in [7, 11) is -0.315. The highest BCUT2D eigenvalue weighted by atomic mass is 32.2. The van der Waals surface area contributed by atoms with E-state index in [4.69, 9.17) is 0 Å². The van der Waals surface area contributed by atoms with Gasteiger partial charge in [-0.1, -0.05) is 6.92 Å². The predicted octanol–water partition coefficient (Wildman–Crippen LogP) is 0.558. The van der Waals surface area contributed by atoms with Crippen molar-refractivity contribution in [1.29, 1.82) is 0 Å². The second-order valence-corrected chi connectivity index (χ2v) is 6.58. The average Bonchev–Trinajstić information content (AvgIpc) is 3.10. The number of nitrogens with zero attached hydrogens (tertiary/aromatic N) is 2. The van der Waals surface area contributed by atoms with Crippen LogP contribution in [0.25, 0.3) is 0 Å². The summed E-state index contributed by atoms with van der Waals surface area (Å²) in [6, 6.07) is 1.55. The molecule has 1 saturated carbocycles. The zero-order chi connectivity index (χ0) is 14.2. The lowest BCUT2D eigenvalue weighted by atomic mass is 10.4. The number of rotatable bonds is 5. The molecule has 1 amide bonds. The van der Waals surface area contributed by atoms with Crippen LogP contribution in [0, 0.1) is 0 Å². The van der Waals surface area contributed by atoms with Crippen LogP contribution in [0.2, 0.25) is 0 Å². The van der Waals surface area contributed by atoms with E-state index in [1.807, 2.05) is 6.92 Å². The molecule has 0 radical (unpaired) electrons. The van der Waals surface area contributed by atoms with Gasteiger partial charge in [0, 0.05) is 32.9 Å².